The van der Waals surface area contributed by atoms with Crippen LogP contribution in [0, 0.1) is 5.92 Å². The molecule has 5 rings (SSSR count). The van der Waals surface area contributed by atoms with Crippen molar-refractivity contribution >= 4 is 23.5 Å². The van der Waals surface area contributed by atoms with E-state index in [0.29, 0.717) is 23.2 Å². The topological polar surface area (TPSA) is 62.3 Å². The molecule has 3 fully saturated rings. The molecule has 0 saturated carbocycles. The van der Waals surface area contributed by atoms with Crippen LogP contribution >= 0.6 is 11.8 Å². The largest absolute Gasteiger partial charge is 0.347 e. The van der Waals surface area contributed by atoms with Crippen molar-refractivity contribution in [2.75, 3.05) is 13.1 Å². The Hall–Kier alpha value is -2.18. The highest BCUT2D eigenvalue weighted by molar-refractivity contribution is 7.99. The number of benzene rings is 1. The van der Waals surface area contributed by atoms with Crippen LogP contribution in [-0.2, 0) is 0 Å². The van der Waals surface area contributed by atoms with E-state index < -0.39 is 0 Å². The third kappa shape index (κ3) is 3.98. The molecular formula is C22H25N3O2S. The van der Waals surface area contributed by atoms with Gasteiger partial charge in [0, 0.05) is 40.6 Å². The number of nitrogens with one attached hydrogen (secondary N) is 1. The molecule has 0 unspecified atom stereocenters. The molecule has 4 heterocycles. The number of amides is 1. The minimum Gasteiger partial charge on any atom is -0.347 e. The van der Waals surface area contributed by atoms with Crippen LogP contribution in [0.4, 0.5) is 0 Å². The molecular weight excluding hydrogens is 370 g/mol. The Morgan fingerprint density at radius 2 is 1.82 bits per heavy atom. The van der Waals surface area contributed by atoms with Crippen molar-refractivity contribution in [3.63, 3.8) is 0 Å². The van der Waals surface area contributed by atoms with Gasteiger partial charge in [-0.15, -0.1) is 0 Å². The molecule has 2 bridgehead atoms. The van der Waals surface area contributed by atoms with E-state index in [2.05, 4.69) is 22.1 Å². The molecule has 2 aromatic rings. The fourth-order valence-electron chi connectivity index (χ4n) is 4.26. The van der Waals surface area contributed by atoms with Crippen molar-refractivity contribution in [2.45, 2.75) is 48.6 Å². The summed E-state index contributed by atoms with van der Waals surface area (Å²) in [7, 11) is 0. The average Bonchev–Trinajstić information content (AvgIpc) is 2.71. The van der Waals surface area contributed by atoms with E-state index in [-0.39, 0.29) is 17.7 Å². The molecule has 0 aliphatic carbocycles. The van der Waals surface area contributed by atoms with Gasteiger partial charge in [0.2, 0.25) is 0 Å². The number of rotatable bonds is 5. The second-order valence-electron chi connectivity index (χ2n) is 7.67. The third-order valence-corrected chi connectivity index (χ3v) is 6.92. The summed E-state index contributed by atoms with van der Waals surface area (Å²) in [5, 5.41) is 3.27. The standard InChI is InChI=1S/C22H25N3O2S/c1-14-21(16-8-11-25(14)12-9-16)24-22(27)17-3-5-18(6-4-17)28-19-7-10-23-20(13-19)15(2)26/h3-7,10,13-14,16,21H,8-9,11-12H2,1-2H3,(H,24,27)/t14-,21-/m0/s1. The molecule has 1 aromatic heterocycles. The maximum atomic E-state index is 12.7. The summed E-state index contributed by atoms with van der Waals surface area (Å²) >= 11 is 1.55. The fourth-order valence-corrected chi connectivity index (χ4v) is 5.10. The summed E-state index contributed by atoms with van der Waals surface area (Å²) in [5.41, 5.74) is 1.15. The van der Waals surface area contributed by atoms with Crippen LogP contribution < -0.4 is 5.32 Å². The predicted octanol–water partition coefficient (Wildman–Crippen LogP) is 3.65. The second kappa shape index (κ2) is 8.05. The molecule has 1 amide bonds. The zero-order valence-electron chi connectivity index (χ0n) is 16.2. The number of Topliss-reactive ketones (excluding diaryl/α,β-unsaturated/α-hetero) is 1. The predicted molar refractivity (Wildman–Crippen MR) is 110 cm³/mol. The number of nitrogens with zero attached hydrogens (tertiary/aromatic N) is 2. The van der Waals surface area contributed by atoms with Crippen LogP contribution in [0.5, 0.6) is 0 Å². The van der Waals surface area contributed by atoms with Crippen LogP contribution in [0.2, 0.25) is 0 Å². The molecule has 6 heteroatoms. The van der Waals surface area contributed by atoms with Gasteiger partial charge >= 0.3 is 0 Å². The third-order valence-electron chi connectivity index (χ3n) is 5.92. The molecule has 2 atom stereocenters. The molecule has 3 saturated heterocycles. The summed E-state index contributed by atoms with van der Waals surface area (Å²) in [6.07, 6.45) is 4.01. The van der Waals surface area contributed by atoms with Crippen LogP contribution in [0.3, 0.4) is 0 Å². The van der Waals surface area contributed by atoms with Crippen LogP contribution in [-0.4, -0.2) is 46.7 Å². The summed E-state index contributed by atoms with van der Waals surface area (Å²) in [5.74, 6) is 0.558. The van der Waals surface area contributed by atoms with E-state index in [4.69, 9.17) is 0 Å². The van der Waals surface area contributed by atoms with Crippen molar-refractivity contribution in [1.29, 1.82) is 0 Å². The lowest BCUT2D eigenvalue weighted by atomic mass is 9.79. The first-order chi connectivity index (χ1) is 13.5. The van der Waals surface area contributed by atoms with Gasteiger partial charge in [-0.25, -0.2) is 0 Å². The first kappa shape index (κ1) is 19.2. The van der Waals surface area contributed by atoms with Crippen LogP contribution in [0.25, 0.3) is 0 Å². The fraction of sp³-hybridized carbons (Fsp3) is 0.409. The molecule has 1 aromatic carbocycles. The van der Waals surface area contributed by atoms with Gasteiger partial charge in [-0.3, -0.25) is 19.5 Å². The molecule has 0 spiro atoms. The van der Waals surface area contributed by atoms with E-state index in [1.165, 1.54) is 19.8 Å². The normalized spacial score (nSPS) is 26.1. The smallest absolute Gasteiger partial charge is 0.251 e. The molecule has 0 radical (unpaired) electrons. The van der Waals surface area contributed by atoms with Crippen molar-refractivity contribution in [3.8, 4) is 0 Å². The van der Waals surface area contributed by atoms with E-state index in [0.717, 1.165) is 22.9 Å². The van der Waals surface area contributed by atoms with Gasteiger partial charge in [-0.2, -0.15) is 0 Å². The molecule has 146 valence electrons. The molecule has 3 aliphatic rings. The Labute approximate surface area is 169 Å². The minimum absolute atomic E-state index is 0.00456. The highest BCUT2D eigenvalue weighted by Gasteiger charge is 2.40. The second-order valence-corrected chi connectivity index (χ2v) is 8.82. The number of hydrogen-bond donors (Lipinski definition) is 1. The number of carbonyl (C=O) groups excluding carboxylic acids is 2. The first-order valence-electron chi connectivity index (χ1n) is 9.81. The summed E-state index contributed by atoms with van der Waals surface area (Å²) in [4.78, 5) is 32.8. The Morgan fingerprint density at radius 1 is 1.11 bits per heavy atom. The first-order valence-corrected chi connectivity index (χ1v) is 10.6. The maximum absolute atomic E-state index is 12.7. The highest BCUT2D eigenvalue weighted by atomic mass is 32.2. The average molecular weight is 396 g/mol. The highest BCUT2D eigenvalue weighted by Crippen LogP contribution is 2.32. The van der Waals surface area contributed by atoms with Crippen LogP contribution in [0.15, 0.2) is 52.4 Å². The number of aromatic nitrogens is 1. The molecule has 5 nitrogen and oxygen atoms in total. The Morgan fingerprint density at radius 3 is 2.46 bits per heavy atom. The molecule has 1 N–H and O–H groups in total. The van der Waals surface area contributed by atoms with Gasteiger partial charge < -0.3 is 5.32 Å². The Bertz CT molecular complexity index is 874. The van der Waals surface area contributed by atoms with E-state index in [9.17, 15) is 9.59 Å². The minimum atomic E-state index is -0.0450. The monoisotopic (exact) mass is 395 g/mol. The lowest BCUT2D eigenvalue weighted by molar-refractivity contribution is 0.0217. The number of pyridine rings is 1. The quantitative estimate of drug-likeness (QED) is 0.783. The zero-order chi connectivity index (χ0) is 19.7. The van der Waals surface area contributed by atoms with Gasteiger partial charge in [-0.1, -0.05) is 11.8 Å². The Kier molecular flexibility index (Phi) is 5.51. The summed E-state index contributed by atoms with van der Waals surface area (Å²) in [6.45, 7) is 6.05. The maximum Gasteiger partial charge on any atom is 0.251 e. The lowest BCUT2D eigenvalue weighted by Crippen LogP contribution is -2.62. The van der Waals surface area contributed by atoms with Crippen molar-refractivity contribution in [1.82, 2.24) is 15.2 Å². The van der Waals surface area contributed by atoms with E-state index >= 15 is 0 Å². The van der Waals surface area contributed by atoms with Gasteiger partial charge in [0.1, 0.15) is 5.69 Å². The number of fused-ring (bicyclic) bond motifs is 3. The SMILES string of the molecule is CC(=O)c1cc(Sc2ccc(C(=O)N[C@@H]3C4CCN(CC4)[C@H]3C)cc2)ccn1. The Balaban J connectivity index is 1.41. The van der Waals surface area contributed by atoms with Crippen molar-refractivity contribution < 1.29 is 9.59 Å². The molecule has 28 heavy (non-hydrogen) atoms. The number of piperidine rings is 3. The van der Waals surface area contributed by atoms with Gasteiger partial charge in [0.05, 0.1) is 0 Å². The zero-order valence-corrected chi connectivity index (χ0v) is 17.0. The summed E-state index contributed by atoms with van der Waals surface area (Å²) < 4.78 is 0. The van der Waals surface area contributed by atoms with E-state index in [1.807, 2.05) is 30.3 Å². The van der Waals surface area contributed by atoms with Gasteiger partial charge in [-0.05, 0) is 75.2 Å². The number of hydrogen-bond acceptors (Lipinski definition) is 5. The molecule has 3 aliphatic heterocycles. The number of ketones is 1. The van der Waals surface area contributed by atoms with Gasteiger partial charge in [0.15, 0.2) is 5.78 Å². The number of carbonyl (C=O) groups is 2. The van der Waals surface area contributed by atoms with E-state index in [1.54, 1.807) is 24.0 Å². The summed E-state index contributed by atoms with van der Waals surface area (Å²) in [6, 6.07) is 12.0. The van der Waals surface area contributed by atoms with Crippen LogP contribution in [0.1, 0.15) is 47.5 Å². The van der Waals surface area contributed by atoms with Crippen molar-refractivity contribution in [3.05, 3.63) is 53.9 Å². The lowest BCUT2D eigenvalue weighted by Gasteiger charge is -2.49. The van der Waals surface area contributed by atoms with Gasteiger partial charge in [0.25, 0.3) is 5.91 Å². The van der Waals surface area contributed by atoms with Crippen molar-refractivity contribution in [2.24, 2.45) is 5.92 Å².